The lowest BCUT2D eigenvalue weighted by Crippen LogP contribution is -2.41. The Balaban J connectivity index is 1.91. The highest BCUT2D eigenvalue weighted by atomic mass is 35.5. The summed E-state index contributed by atoms with van der Waals surface area (Å²) in [6, 6.07) is 7.24. The number of likely N-dealkylation sites (tertiary alicyclic amines) is 1. The number of halogens is 1. The first-order valence-electron chi connectivity index (χ1n) is 6.78. The van der Waals surface area contributed by atoms with Crippen LogP contribution in [0.2, 0.25) is 5.02 Å². The van der Waals surface area contributed by atoms with Gasteiger partial charge < -0.3 is 10.0 Å². The minimum Gasteiger partial charge on any atom is -0.481 e. The van der Waals surface area contributed by atoms with E-state index in [9.17, 15) is 9.59 Å². The van der Waals surface area contributed by atoms with E-state index in [1.807, 2.05) is 12.1 Å². The Kier molecular flexibility index (Phi) is 5.01. The van der Waals surface area contributed by atoms with E-state index in [-0.39, 0.29) is 18.2 Å². The van der Waals surface area contributed by atoms with Gasteiger partial charge >= 0.3 is 5.97 Å². The molecule has 5 heteroatoms. The van der Waals surface area contributed by atoms with Crippen LogP contribution in [0.4, 0.5) is 0 Å². The molecule has 1 saturated heterocycles. The molecular weight excluding hydrogens is 278 g/mol. The topological polar surface area (TPSA) is 57.6 Å². The maximum Gasteiger partial charge on any atom is 0.303 e. The normalized spacial score (nSPS) is 18.9. The zero-order valence-electron chi connectivity index (χ0n) is 11.2. The SMILES string of the molecule is O=C(O)CC1CCCN(C(=O)Cc2ccc(Cl)cc2)C1. The van der Waals surface area contributed by atoms with Crippen molar-refractivity contribution in [2.75, 3.05) is 13.1 Å². The number of benzene rings is 1. The van der Waals surface area contributed by atoms with Crippen LogP contribution in [-0.4, -0.2) is 35.0 Å². The van der Waals surface area contributed by atoms with Gasteiger partial charge in [-0.2, -0.15) is 0 Å². The summed E-state index contributed by atoms with van der Waals surface area (Å²) >= 11 is 5.81. The second-order valence-electron chi connectivity index (χ2n) is 5.25. The minimum atomic E-state index is -0.790. The lowest BCUT2D eigenvalue weighted by molar-refractivity contribution is -0.140. The molecule has 1 aromatic rings. The standard InChI is InChI=1S/C15H18ClNO3/c16-13-5-3-11(4-6-13)8-14(18)17-7-1-2-12(10-17)9-15(19)20/h3-6,12H,1-2,7-10H2,(H,19,20). The van der Waals surface area contributed by atoms with E-state index in [0.29, 0.717) is 18.0 Å². The van der Waals surface area contributed by atoms with Gasteiger partial charge in [0.25, 0.3) is 0 Å². The molecule has 0 aliphatic carbocycles. The van der Waals surface area contributed by atoms with Crippen LogP contribution in [-0.2, 0) is 16.0 Å². The zero-order valence-corrected chi connectivity index (χ0v) is 12.0. The molecule has 108 valence electrons. The van der Waals surface area contributed by atoms with Gasteiger partial charge in [0, 0.05) is 24.5 Å². The zero-order chi connectivity index (χ0) is 14.5. The van der Waals surface area contributed by atoms with E-state index in [4.69, 9.17) is 16.7 Å². The summed E-state index contributed by atoms with van der Waals surface area (Å²) < 4.78 is 0. The van der Waals surface area contributed by atoms with Gasteiger partial charge in [0.15, 0.2) is 0 Å². The molecule has 4 nitrogen and oxygen atoms in total. The van der Waals surface area contributed by atoms with Gasteiger partial charge in [0.1, 0.15) is 0 Å². The number of hydrogen-bond donors (Lipinski definition) is 1. The van der Waals surface area contributed by atoms with Crippen LogP contribution in [0.15, 0.2) is 24.3 Å². The van der Waals surface area contributed by atoms with E-state index >= 15 is 0 Å². The molecule has 0 radical (unpaired) electrons. The maximum atomic E-state index is 12.2. The molecule has 1 amide bonds. The van der Waals surface area contributed by atoms with Gasteiger partial charge in [0.2, 0.25) is 5.91 Å². The highest BCUT2D eigenvalue weighted by Gasteiger charge is 2.25. The number of hydrogen-bond acceptors (Lipinski definition) is 2. The number of rotatable bonds is 4. The molecule has 0 spiro atoms. The van der Waals surface area contributed by atoms with Gasteiger partial charge in [-0.25, -0.2) is 0 Å². The van der Waals surface area contributed by atoms with Gasteiger partial charge in [-0.1, -0.05) is 23.7 Å². The Bertz CT molecular complexity index is 486. The van der Waals surface area contributed by atoms with Crippen LogP contribution in [0.5, 0.6) is 0 Å². The number of nitrogens with zero attached hydrogens (tertiary/aromatic N) is 1. The summed E-state index contributed by atoms with van der Waals surface area (Å²) in [6.45, 7) is 1.28. The van der Waals surface area contributed by atoms with E-state index in [1.165, 1.54) is 0 Å². The fourth-order valence-corrected chi connectivity index (χ4v) is 2.72. The van der Waals surface area contributed by atoms with E-state index in [1.54, 1.807) is 17.0 Å². The fourth-order valence-electron chi connectivity index (χ4n) is 2.59. The monoisotopic (exact) mass is 295 g/mol. The van der Waals surface area contributed by atoms with Gasteiger partial charge in [-0.15, -0.1) is 0 Å². The van der Waals surface area contributed by atoms with Crippen LogP contribution in [0.25, 0.3) is 0 Å². The number of carbonyl (C=O) groups excluding carboxylic acids is 1. The van der Waals surface area contributed by atoms with E-state index in [0.717, 1.165) is 24.9 Å². The van der Waals surface area contributed by atoms with Crippen LogP contribution in [0.3, 0.4) is 0 Å². The molecule has 0 saturated carbocycles. The molecule has 1 unspecified atom stereocenters. The summed E-state index contributed by atoms with van der Waals surface area (Å²) in [4.78, 5) is 24.8. The van der Waals surface area contributed by atoms with Crippen molar-refractivity contribution in [3.8, 4) is 0 Å². The molecule has 1 fully saturated rings. The Morgan fingerprint density at radius 2 is 2.00 bits per heavy atom. The van der Waals surface area contributed by atoms with Crippen LogP contribution >= 0.6 is 11.6 Å². The molecule has 1 atom stereocenters. The van der Waals surface area contributed by atoms with Crippen molar-refractivity contribution >= 4 is 23.5 Å². The second-order valence-corrected chi connectivity index (χ2v) is 5.69. The number of carboxylic acids is 1. The number of amides is 1. The summed E-state index contributed by atoms with van der Waals surface area (Å²) in [5.74, 6) is -0.653. The first-order chi connectivity index (χ1) is 9.54. The molecule has 1 heterocycles. The number of aliphatic carboxylic acids is 1. The van der Waals surface area contributed by atoms with Crippen LogP contribution < -0.4 is 0 Å². The smallest absolute Gasteiger partial charge is 0.303 e. The van der Waals surface area contributed by atoms with E-state index in [2.05, 4.69) is 0 Å². The average Bonchev–Trinajstić information content (AvgIpc) is 2.41. The van der Waals surface area contributed by atoms with Crippen molar-refractivity contribution in [2.24, 2.45) is 5.92 Å². The lowest BCUT2D eigenvalue weighted by atomic mass is 9.94. The molecule has 0 aromatic heterocycles. The van der Waals surface area contributed by atoms with Crippen molar-refractivity contribution in [2.45, 2.75) is 25.7 Å². The maximum absolute atomic E-state index is 12.2. The predicted molar refractivity (Wildman–Crippen MR) is 76.7 cm³/mol. The number of carboxylic acid groups (broad SMARTS) is 1. The molecule has 2 rings (SSSR count). The van der Waals surface area contributed by atoms with Crippen molar-refractivity contribution in [3.63, 3.8) is 0 Å². The first-order valence-corrected chi connectivity index (χ1v) is 7.16. The predicted octanol–water partition coefficient (Wildman–Crippen LogP) is 2.60. The molecule has 20 heavy (non-hydrogen) atoms. The molecule has 1 aliphatic rings. The van der Waals surface area contributed by atoms with Gasteiger partial charge in [0.05, 0.1) is 6.42 Å². The Morgan fingerprint density at radius 3 is 2.65 bits per heavy atom. The van der Waals surface area contributed by atoms with Crippen molar-refractivity contribution < 1.29 is 14.7 Å². The Hall–Kier alpha value is -1.55. The Morgan fingerprint density at radius 1 is 1.30 bits per heavy atom. The van der Waals surface area contributed by atoms with E-state index < -0.39 is 5.97 Å². The molecule has 1 aromatic carbocycles. The quantitative estimate of drug-likeness (QED) is 0.929. The molecule has 0 bridgehead atoms. The van der Waals surface area contributed by atoms with Crippen molar-refractivity contribution in [3.05, 3.63) is 34.9 Å². The third-order valence-electron chi connectivity index (χ3n) is 3.60. The highest BCUT2D eigenvalue weighted by molar-refractivity contribution is 6.30. The number of piperidine rings is 1. The average molecular weight is 296 g/mol. The summed E-state index contributed by atoms with van der Waals surface area (Å²) in [5, 5.41) is 9.49. The molecular formula is C15H18ClNO3. The summed E-state index contributed by atoms with van der Waals surface area (Å²) in [7, 11) is 0. The molecule has 1 N–H and O–H groups in total. The highest BCUT2D eigenvalue weighted by Crippen LogP contribution is 2.20. The van der Waals surface area contributed by atoms with Crippen molar-refractivity contribution in [1.29, 1.82) is 0 Å². The summed E-state index contributed by atoms with van der Waals surface area (Å²) in [5.41, 5.74) is 0.930. The van der Waals surface area contributed by atoms with Crippen LogP contribution in [0, 0.1) is 5.92 Å². The largest absolute Gasteiger partial charge is 0.481 e. The van der Waals surface area contributed by atoms with Gasteiger partial charge in [-0.3, -0.25) is 9.59 Å². The second kappa shape index (κ2) is 6.75. The fraction of sp³-hybridized carbons (Fsp3) is 0.467. The Labute approximate surface area is 123 Å². The number of carbonyl (C=O) groups is 2. The van der Waals surface area contributed by atoms with Crippen molar-refractivity contribution in [1.82, 2.24) is 4.90 Å². The minimum absolute atomic E-state index is 0.0578. The summed E-state index contributed by atoms with van der Waals surface area (Å²) in [6.07, 6.45) is 2.25. The van der Waals surface area contributed by atoms with Gasteiger partial charge in [-0.05, 0) is 36.5 Å². The lowest BCUT2D eigenvalue weighted by Gasteiger charge is -2.32. The van der Waals surface area contributed by atoms with Crippen LogP contribution in [0.1, 0.15) is 24.8 Å². The third kappa shape index (κ3) is 4.23. The molecule has 1 aliphatic heterocycles. The first kappa shape index (κ1) is 14.9. The third-order valence-corrected chi connectivity index (χ3v) is 3.86.